The van der Waals surface area contributed by atoms with Crippen LogP contribution in [-0.4, -0.2) is 36.0 Å². The Morgan fingerprint density at radius 2 is 2.00 bits per heavy atom. The monoisotopic (exact) mass is 298 g/mol. The third kappa shape index (κ3) is 4.42. The van der Waals surface area contributed by atoms with Crippen molar-refractivity contribution in [3.05, 3.63) is 28.8 Å². The number of anilines is 1. The van der Waals surface area contributed by atoms with Gasteiger partial charge in [-0.3, -0.25) is 9.59 Å². The highest BCUT2D eigenvalue weighted by molar-refractivity contribution is 6.31. The predicted octanol–water partition coefficient (Wildman–Crippen LogP) is 2.34. The van der Waals surface area contributed by atoms with Gasteiger partial charge in [-0.05, 0) is 39.0 Å². The van der Waals surface area contributed by atoms with Gasteiger partial charge in [0.1, 0.15) is 6.54 Å². The Balaban J connectivity index is 2.96. The molecule has 0 heterocycles. The van der Waals surface area contributed by atoms with Crippen LogP contribution in [0.5, 0.6) is 0 Å². The molecule has 6 heteroatoms. The van der Waals surface area contributed by atoms with Gasteiger partial charge in [-0.15, -0.1) is 0 Å². The molecule has 0 unspecified atom stereocenters. The SMILES string of the molecule is CCOC(=O)CN(C(=O)c1cc(N)cc(Cl)c1)C(C)C. The van der Waals surface area contributed by atoms with Crippen LogP contribution in [-0.2, 0) is 9.53 Å². The van der Waals surface area contributed by atoms with E-state index < -0.39 is 5.97 Å². The molecule has 0 radical (unpaired) electrons. The van der Waals surface area contributed by atoms with Crippen LogP contribution >= 0.6 is 11.6 Å². The maximum absolute atomic E-state index is 12.4. The standard InChI is InChI=1S/C14H19ClN2O3/c1-4-20-13(18)8-17(9(2)3)14(19)10-5-11(15)7-12(16)6-10/h5-7,9H,4,8,16H2,1-3H3. The van der Waals surface area contributed by atoms with Gasteiger partial charge >= 0.3 is 5.97 Å². The van der Waals surface area contributed by atoms with Crippen LogP contribution in [0.15, 0.2) is 18.2 Å². The van der Waals surface area contributed by atoms with E-state index in [2.05, 4.69) is 0 Å². The number of nitrogen functional groups attached to an aromatic ring is 1. The normalized spacial score (nSPS) is 10.4. The Hall–Kier alpha value is -1.75. The van der Waals surface area contributed by atoms with Gasteiger partial charge in [0.2, 0.25) is 0 Å². The highest BCUT2D eigenvalue weighted by atomic mass is 35.5. The molecule has 5 nitrogen and oxygen atoms in total. The van der Waals surface area contributed by atoms with E-state index >= 15 is 0 Å². The molecule has 1 aromatic carbocycles. The Kier molecular flexibility index (Phi) is 5.82. The summed E-state index contributed by atoms with van der Waals surface area (Å²) in [4.78, 5) is 25.4. The lowest BCUT2D eigenvalue weighted by molar-refractivity contribution is -0.144. The molecule has 0 saturated heterocycles. The molecule has 0 bridgehead atoms. The highest BCUT2D eigenvalue weighted by Crippen LogP contribution is 2.19. The van der Waals surface area contributed by atoms with Crippen LogP contribution in [0.3, 0.4) is 0 Å². The molecule has 20 heavy (non-hydrogen) atoms. The van der Waals surface area contributed by atoms with Gasteiger partial charge in [0, 0.05) is 22.3 Å². The van der Waals surface area contributed by atoms with Crippen LogP contribution < -0.4 is 5.73 Å². The molecule has 0 aliphatic heterocycles. The third-order valence-electron chi connectivity index (χ3n) is 2.66. The van der Waals surface area contributed by atoms with Gasteiger partial charge < -0.3 is 15.4 Å². The zero-order valence-corrected chi connectivity index (χ0v) is 12.6. The molecular formula is C14H19ClN2O3. The number of nitrogens with zero attached hydrogens (tertiary/aromatic N) is 1. The van der Waals surface area contributed by atoms with Crippen LogP contribution in [0.2, 0.25) is 5.02 Å². The van der Waals surface area contributed by atoms with E-state index in [1.807, 2.05) is 13.8 Å². The Morgan fingerprint density at radius 1 is 1.35 bits per heavy atom. The third-order valence-corrected chi connectivity index (χ3v) is 2.87. The van der Waals surface area contributed by atoms with Crippen molar-refractivity contribution >= 4 is 29.2 Å². The molecule has 0 atom stereocenters. The molecule has 0 aliphatic rings. The van der Waals surface area contributed by atoms with Crippen LogP contribution in [0, 0.1) is 0 Å². The van der Waals surface area contributed by atoms with Crippen molar-refractivity contribution in [3.63, 3.8) is 0 Å². The molecule has 110 valence electrons. The van der Waals surface area contributed by atoms with Gasteiger partial charge in [-0.2, -0.15) is 0 Å². The summed E-state index contributed by atoms with van der Waals surface area (Å²) in [5, 5.41) is 0.383. The predicted molar refractivity (Wildman–Crippen MR) is 78.7 cm³/mol. The number of ether oxygens (including phenoxy) is 1. The number of benzene rings is 1. The summed E-state index contributed by atoms with van der Waals surface area (Å²) in [5.41, 5.74) is 6.43. The minimum atomic E-state index is -0.440. The fourth-order valence-electron chi connectivity index (χ4n) is 1.74. The summed E-state index contributed by atoms with van der Waals surface area (Å²) < 4.78 is 4.87. The van der Waals surface area contributed by atoms with Crippen molar-refractivity contribution in [2.45, 2.75) is 26.8 Å². The van der Waals surface area contributed by atoms with Gasteiger partial charge in [0.05, 0.1) is 6.61 Å². The Labute approximate surface area is 123 Å². The number of hydrogen-bond donors (Lipinski definition) is 1. The second kappa shape index (κ2) is 7.14. The van der Waals surface area contributed by atoms with Crippen molar-refractivity contribution in [3.8, 4) is 0 Å². The van der Waals surface area contributed by atoms with Gasteiger partial charge in [0.25, 0.3) is 5.91 Å². The van der Waals surface area contributed by atoms with E-state index in [0.29, 0.717) is 16.3 Å². The van der Waals surface area contributed by atoms with Gasteiger partial charge in [-0.25, -0.2) is 0 Å². The second-order valence-corrected chi connectivity index (χ2v) is 5.04. The molecule has 1 rings (SSSR count). The first-order valence-electron chi connectivity index (χ1n) is 6.37. The number of nitrogens with two attached hydrogens (primary N) is 1. The number of esters is 1. The van der Waals surface area contributed by atoms with E-state index in [4.69, 9.17) is 22.1 Å². The number of rotatable bonds is 5. The first kappa shape index (κ1) is 16.3. The summed E-state index contributed by atoms with van der Waals surface area (Å²) in [6.07, 6.45) is 0. The molecule has 0 fully saturated rings. The number of hydrogen-bond acceptors (Lipinski definition) is 4. The Bertz CT molecular complexity index is 483. The summed E-state index contributed by atoms with van der Waals surface area (Å²) in [6.45, 7) is 5.55. The zero-order chi connectivity index (χ0) is 15.3. The second-order valence-electron chi connectivity index (χ2n) is 4.61. The quantitative estimate of drug-likeness (QED) is 0.669. The van der Waals surface area contributed by atoms with Crippen LogP contribution in [0.25, 0.3) is 0 Å². The number of halogens is 1. The van der Waals surface area contributed by atoms with E-state index in [0.717, 1.165) is 0 Å². The molecule has 2 N–H and O–H groups in total. The van der Waals surface area contributed by atoms with Crippen LogP contribution in [0.4, 0.5) is 5.69 Å². The lowest BCUT2D eigenvalue weighted by atomic mass is 10.1. The minimum absolute atomic E-state index is 0.100. The van der Waals surface area contributed by atoms with Gasteiger partial charge in [-0.1, -0.05) is 11.6 Å². The maximum Gasteiger partial charge on any atom is 0.325 e. The van der Waals surface area contributed by atoms with Crippen molar-refractivity contribution in [1.82, 2.24) is 4.90 Å². The largest absolute Gasteiger partial charge is 0.465 e. The first-order chi connectivity index (χ1) is 9.35. The molecule has 0 aliphatic carbocycles. The smallest absolute Gasteiger partial charge is 0.325 e. The summed E-state index contributed by atoms with van der Waals surface area (Å²) in [5.74, 6) is -0.744. The number of carbonyl (C=O) groups excluding carboxylic acids is 2. The van der Waals surface area contributed by atoms with E-state index in [1.54, 1.807) is 13.0 Å². The van der Waals surface area contributed by atoms with E-state index in [9.17, 15) is 9.59 Å². The number of amides is 1. The fraction of sp³-hybridized carbons (Fsp3) is 0.429. The molecule has 1 amide bonds. The number of carbonyl (C=O) groups is 2. The summed E-state index contributed by atoms with van der Waals surface area (Å²) in [6, 6.07) is 4.48. The lowest BCUT2D eigenvalue weighted by Gasteiger charge is -2.26. The molecule has 1 aromatic rings. The minimum Gasteiger partial charge on any atom is -0.465 e. The average Bonchev–Trinajstić information content (AvgIpc) is 2.34. The van der Waals surface area contributed by atoms with Gasteiger partial charge in [0.15, 0.2) is 0 Å². The van der Waals surface area contributed by atoms with Crippen molar-refractivity contribution in [1.29, 1.82) is 0 Å². The van der Waals surface area contributed by atoms with E-state index in [1.165, 1.54) is 17.0 Å². The zero-order valence-electron chi connectivity index (χ0n) is 11.9. The van der Waals surface area contributed by atoms with Crippen molar-refractivity contribution in [2.75, 3.05) is 18.9 Å². The maximum atomic E-state index is 12.4. The topological polar surface area (TPSA) is 72.6 Å². The summed E-state index contributed by atoms with van der Waals surface area (Å²) in [7, 11) is 0. The average molecular weight is 299 g/mol. The lowest BCUT2D eigenvalue weighted by Crippen LogP contribution is -2.41. The Morgan fingerprint density at radius 3 is 2.50 bits per heavy atom. The molecule has 0 saturated carbocycles. The van der Waals surface area contributed by atoms with Crippen LogP contribution in [0.1, 0.15) is 31.1 Å². The van der Waals surface area contributed by atoms with Crippen molar-refractivity contribution in [2.24, 2.45) is 0 Å². The molecule has 0 aromatic heterocycles. The molecule has 0 spiro atoms. The molecular weight excluding hydrogens is 280 g/mol. The summed E-state index contributed by atoms with van der Waals surface area (Å²) >= 11 is 5.89. The highest BCUT2D eigenvalue weighted by Gasteiger charge is 2.22. The van der Waals surface area contributed by atoms with Crippen molar-refractivity contribution < 1.29 is 14.3 Å². The van der Waals surface area contributed by atoms with E-state index in [-0.39, 0.29) is 25.1 Å². The fourth-order valence-corrected chi connectivity index (χ4v) is 1.98. The first-order valence-corrected chi connectivity index (χ1v) is 6.75.